The van der Waals surface area contributed by atoms with Crippen molar-refractivity contribution in [2.75, 3.05) is 50.0 Å². The number of fused-ring (bicyclic) bond motifs is 1. The Morgan fingerprint density at radius 1 is 1.13 bits per heavy atom. The van der Waals surface area contributed by atoms with E-state index in [9.17, 15) is 9.59 Å². The highest BCUT2D eigenvalue weighted by Crippen LogP contribution is 2.44. The Morgan fingerprint density at radius 2 is 1.83 bits per heavy atom. The molecule has 1 unspecified atom stereocenters. The van der Waals surface area contributed by atoms with Crippen LogP contribution in [0.3, 0.4) is 0 Å². The van der Waals surface area contributed by atoms with Crippen LogP contribution in [-0.2, 0) is 9.59 Å². The van der Waals surface area contributed by atoms with Crippen molar-refractivity contribution >= 4 is 23.1 Å². The quantitative estimate of drug-likeness (QED) is 0.830. The standard InChI is InChI=1S/C24H34N4O2/c1-5-19-23-18(14-24(2,3)15-21(23)29)25-17-8-6-7-9-20(17)28(19)16-22(30)27-12-10-26(4)11-13-27/h6-9,19,25H,5,10-16H2,1-4H3. The first-order chi connectivity index (χ1) is 14.3. The second kappa shape index (κ2) is 8.06. The first-order valence-corrected chi connectivity index (χ1v) is 11.1. The molecular weight excluding hydrogens is 376 g/mol. The summed E-state index contributed by atoms with van der Waals surface area (Å²) in [5.74, 6) is 0.356. The summed E-state index contributed by atoms with van der Waals surface area (Å²) in [5.41, 5.74) is 3.84. The number of amides is 1. The first kappa shape index (κ1) is 20.9. The van der Waals surface area contributed by atoms with Crippen LogP contribution in [0.5, 0.6) is 0 Å². The van der Waals surface area contributed by atoms with E-state index in [1.165, 1.54) is 0 Å². The van der Waals surface area contributed by atoms with E-state index >= 15 is 0 Å². The maximum atomic E-state index is 13.3. The van der Waals surface area contributed by atoms with E-state index in [0.717, 1.165) is 61.7 Å². The number of hydrogen-bond donors (Lipinski definition) is 1. The van der Waals surface area contributed by atoms with E-state index in [4.69, 9.17) is 0 Å². The minimum absolute atomic E-state index is 0.0546. The van der Waals surface area contributed by atoms with Gasteiger partial charge in [0.05, 0.1) is 24.0 Å². The number of nitrogens with zero attached hydrogens (tertiary/aromatic N) is 3. The number of rotatable bonds is 3. The van der Waals surface area contributed by atoms with Crippen molar-refractivity contribution in [2.24, 2.45) is 5.41 Å². The fraction of sp³-hybridized carbons (Fsp3) is 0.583. The van der Waals surface area contributed by atoms with E-state index in [1.54, 1.807) is 0 Å². The number of carbonyl (C=O) groups is 2. The smallest absolute Gasteiger partial charge is 0.242 e. The number of Topliss-reactive ketones (excluding diaryl/α,β-unsaturated/α-hetero) is 1. The highest BCUT2D eigenvalue weighted by atomic mass is 16.2. The van der Waals surface area contributed by atoms with Gasteiger partial charge >= 0.3 is 0 Å². The molecule has 0 aromatic heterocycles. The molecule has 1 aliphatic carbocycles. The van der Waals surface area contributed by atoms with Gasteiger partial charge in [0.1, 0.15) is 0 Å². The number of piperazine rings is 1. The second-order valence-corrected chi connectivity index (χ2v) is 9.71. The third-order valence-corrected chi connectivity index (χ3v) is 6.68. The predicted molar refractivity (Wildman–Crippen MR) is 121 cm³/mol. The van der Waals surface area contributed by atoms with Crippen LogP contribution in [0.2, 0.25) is 0 Å². The lowest BCUT2D eigenvalue weighted by atomic mass is 9.74. The van der Waals surface area contributed by atoms with E-state index in [2.05, 4.69) is 55.1 Å². The first-order valence-electron chi connectivity index (χ1n) is 11.1. The van der Waals surface area contributed by atoms with Gasteiger partial charge in [-0.15, -0.1) is 0 Å². The highest BCUT2D eigenvalue weighted by molar-refractivity contribution is 6.01. The molecule has 6 heteroatoms. The predicted octanol–water partition coefficient (Wildman–Crippen LogP) is 3.11. The number of carbonyl (C=O) groups excluding carboxylic acids is 2. The number of ketones is 1. The molecule has 2 heterocycles. The third-order valence-electron chi connectivity index (χ3n) is 6.68. The summed E-state index contributed by atoms with van der Waals surface area (Å²) in [6, 6.07) is 8.05. The van der Waals surface area contributed by atoms with Gasteiger partial charge in [0.25, 0.3) is 0 Å². The van der Waals surface area contributed by atoms with Crippen LogP contribution in [0.1, 0.15) is 40.0 Å². The Morgan fingerprint density at radius 3 is 2.53 bits per heavy atom. The van der Waals surface area contributed by atoms with Crippen LogP contribution in [0, 0.1) is 5.41 Å². The summed E-state index contributed by atoms with van der Waals surface area (Å²) < 4.78 is 0. The molecule has 1 aromatic carbocycles. The molecule has 1 fully saturated rings. The Hall–Kier alpha value is -2.34. The number of hydrogen-bond acceptors (Lipinski definition) is 5. The number of para-hydroxylation sites is 2. The van der Waals surface area contributed by atoms with Crippen LogP contribution in [-0.4, -0.2) is 67.3 Å². The SMILES string of the molecule is CCC1C2=C(CC(C)(C)CC2=O)Nc2ccccc2N1CC(=O)N1CCN(C)CC1. The number of allylic oxidation sites excluding steroid dienone is 1. The molecule has 3 aliphatic rings. The van der Waals surface area contributed by atoms with E-state index in [1.807, 2.05) is 17.0 Å². The maximum Gasteiger partial charge on any atom is 0.242 e. The molecule has 6 nitrogen and oxygen atoms in total. The minimum Gasteiger partial charge on any atom is -0.357 e. The normalized spacial score (nSPS) is 24.1. The summed E-state index contributed by atoms with van der Waals surface area (Å²) in [4.78, 5) is 32.9. The van der Waals surface area contributed by atoms with Gasteiger partial charge in [-0.05, 0) is 37.4 Å². The Bertz CT molecular complexity index is 868. The van der Waals surface area contributed by atoms with Crippen LogP contribution < -0.4 is 10.2 Å². The number of nitrogens with one attached hydrogen (secondary N) is 1. The number of anilines is 2. The van der Waals surface area contributed by atoms with Crippen LogP contribution >= 0.6 is 0 Å². The van der Waals surface area contributed by atoms with Gasteiger partial charge in [0, 0.05) is 43.9 Å². The zero-order valence-corrected chi connectivity index (χ0v) is 18.7. The molecule has 0 spiro atoms. The molecule has 1 saturated heterocycles. The highest BCUT2D eigenvalue weighted by Gasteiger charge is 2.40. The topological polar surface area (TPSA) is 55.9 Å². The summed E-state index contributed by atoms with van der Waals surface area (Å²) >= 11 is 0. The van der Waals surface area contributed by atoms with Crippen LogP contribution in [0.4, 0.5) is 11.4 Å². The molecule has 1 aromatic rings. The van der Waals surface area contributed by atoms with Gasteiger partial charge in [-0.25, -0.2) is 0 Å². The molecule has 1 amide bonds. The summed E-state index contributed by atoms with van der Waals surface area (Å²) in [7, 11) is 2.09. The van der Waals surface area contributed by atoms with Gasteiger partial charge in [-0.1, -0.05) is 32.9 Å². The molecule has 0 bridgehead atoms. The monoisotopic (exact) mass is 410 g/mol. The number of benzene rings is 1. The lowest BCUT2D eigenvalue weighted by Crippen LogP contribution is -2.52. The van der Waals surface area contributed by atoms with E-state index in [-0.39, 0.29) is 23.1 Å². The van der Waals surface area contributed by atoms with Gasteiger partial charge in [-0.2, -0.15) is 0 Å². The van der Waals surface area contributed by atoms with Crippen molar-refractivity contribution in [3.8, 4) is 0 Å². The zero-order valence-electron chi connectivity index (χ0n) is 18.7. The average molecular weight is 411 g/mol. The largest absolute Gasteiger partial charge is 0.357 e. The maximum absolute atomic E-state index is 13.3. The minimum atomic E-state index is -0.0869. The number of likely N-dealkylation sites (N-methyl/N-ethyl adjacent to an activating group) is 1. The Labute approximate surface area is 179 Å². The molecular formula is C24H34N4O2. The van der Waals surface area contributed by atoms with Gasteiger partial charge in [-0.3, -0.25) is 9.59 Å². The molecule has 0 saturated carbocycles. The molecule has 1 N–H and O–H groups in total. The molecule has 1 atom stereocenters. The molecule has 4 rings (SSSR count). The average Bonchev–Trinajstić information content (AvgIpc) is 2.82. The van der Waals surface area contributed by atoms with Crippen LogP contribution in [0.15, 0.2) is 35.5 Å². The van der Waals surface area contributed by atoms with Crippen molar-refractivity contribution < 1.29 is 9.59 Å². The fourth-order valence-corrected chi connectivity index (χ4v) is 5.07. The Kier molecular flexibility index (Phi) is 5.62. The lowest BCUT2D eigenvalue weighted by Gasteiger charge is -2.39. The fourth-order valence-electron chi connectivity index (χ4n) is 5.07. The zero-order chi connectivity index (χ0) is 21.5. The third kappa shape index (κ3) is 3.97. The van der Waals surface area contributed by atoms with Crippen LogP contribution in [0.25, 0.3) is 0 Å². The second-order valence-electron chi connectivity index (χ2n) is 9.71. The van der Waals surface area contributed by atoms with Crippen molar-refractivity contribution in [2.45, 2.75) is 46.1 Å². The molecule has 162 valence electrons. The van der Waals surface area contributed by atoms with Gasteiger partial charge in [0.2, 0.25) is 5.91 Å². The summed E-state index contributed by atoms with van der Waals surface area (Å²) in [6.07, 6.45) is 2.19. The van der Waals surface area contributed by atoms with Crippen molar-refractivity contribution in [1.82, 2.24) is 9.80 Å². The lowest BCUT2D eigenvalue weighted by molar-refractivity contribution is -0.131. The molecule has 0 radical (unpaired) electrons. The summed E-state index contributed by atoms with van der Waals surface area (Å²) in [6.45, 7) is 10.1. The van der Waals surface area contributed by atoms with E-state index < -0.39 is 0 Å². The van der Waals surface area contributed by atoms with Gasteiger partial charge < -0.3 is 20.0 Å². The van der Waals surface area contributed by atoms with Crippen molar-refractivity contribution in [1.29, 1.82) is 0 Å². The summed E-state index contributed by atoms with van der Waals surface area (Å²) in [5, 5.41) is 3.59. The van der Waals surface area contributed by atoms with Crippen molar-refractivity contribution in [3.63, 3.8) is 0 Å². The van der Waals surface area contributed by atoms with E-state index in [0.29, 0.717) is 13.0 Å². The molecule has 2 aliphatic heterocycles. The van der Waals surface area contributed by atoms with Crippen molar-refractivity contribution in [3.05, 3.63) is 35.5 Å². The molecule has 30 heavy (non-hydrogen) atoms. The Balaban J connectivity index is 1.70. The van der Waals surface area contributed by atoms with Gasteiger partial charge in [0.15, 0.2) is 5.78 Å².